The van der Waals surface area contributed by atoms with Crippen molar-refractivity contribution < 1.29 is 23.8 Å². The van der Waals surface area contributed by atoms with E-state index in [0.29, 0.717) is 16.2 Å². The summed E-state index contributed by atoms with van der Waals surface area (Å²) in [6.07, 6.45) is 1.20. The van der Waals surface area contributed by atoms with E-state index >= 15 is 0 Å². The fourth-order valence-electron chi connectivity index (χ4n) is 3.28. The van der Waals surface area contributed by atoms with E-state index in [4.69, 9.17) is 9.47 Å². The monoisotopic (exact) mass is 390 g/mol. The van der Waals surface area contributed by atoms with Gasteiger partial charge in [-0.25, -0.2) is 4.79 Å². The standard InChI is InChI=1S/C22H18N2O5/c25-21(15-29-22(26)18-11-6-7-13-23(18)27)24-17-10-4-5-12-20(17)28-14-19(24)16-8-2-1-3-9-16/h1-13,19H,14-15H2/t19-/m0/s1. The summed E-state index contributed by atoms with van der Waals surface area (Å²) in [6, 6.07) is 20.8. The molecule has 4 rings (SSSR count). The Labute approximate surface area is 167 Å². The number of fused-ring (bicyclic) bond motifs is 1. The molecule has 0 aliphatic carbocycles. The molecule has 0 bridgehead atoms. The van der Waals surface area contributed by atoms with Gasteiger partial charge in [0.15, 0.2) is 12.8 Å². The summed E-state index contributed by atoms with van der Waals surface area (Å²) in [5.41, 5.74) is 1.33. The number of anilines is 1. The molecule has 0 saturated heterocycles. The Morgan fingerprint density at radius 2 is 1.76 bits per heavy atom. The Morgan fingerprint density at radius 1 is 1.03 bits per heavy atom. The van der Waals surface area contributed by atoms with E-state index < -0.39 is 18.5 Å². The molecule has 1 amide bonds. The fraction of sp³-hybridized carbons (Fsp3) is 0.136. The molecule has 29 heavy (non-hydrogen) atoms. The lowest BCUT2D eigenvalue weighted by Crippen LogP contribution is -2.43. The van der Waals surface area contributed by atoms with Crippen LogP contribution in [0.4, 0.5) is 5.69 Å². The summed E-state index contributed by atoms with van der Waals surface area (Å²) in [6.45, 7) is -0.217. The number of hydrogen-bond donors (Lipinski definition) is 0. The summed E-state index contributed by atoms with van der Waals surface area (Å²) >= 11 is 0. The number of amides is 1. The maximum absolute atomic E-state index is 13.1. The maximum atomic E-state index is 13.1. The minimum Gasteiger partial charge on any atom is -0.618 e. The third-order valence-electron chi connectivity index (χ3n) is 4.65. The van der Waals surface area contributed by atoms with Crippen LogP contribution in [0.3, 0.4) is 0 Å². The first kappa shape index (κ1) is 18.5. The molecule has 3 aromatic rings. The highest BCUT2D eigenvalue weighted by molar-refractivity contribution is 5.98. The van der Waals surface area contributed by atoms with Gasteiger partial charge in [-0.2, -0.15) is 4.73 Å². The van der Waals surface area contributed by atoms with E-state index in [-0.39, 0.29) is 18.3 Å². The van der Waals surface area contributed by atoms with Crippen molar-refractivity contribution in [3.05, 3.63) is 95.5 Å². The highest BCUT2D eigenvalue weighted by atomic mass is 16.5. The number of carbonyl (C=O) groups is 2. The minimum atomic E-state index is -0.855. The minimum absolute atomic E-state index is 0.178. The van der Waals surface area contributed by atoms with Crippen LogP contribution in [0.2, 0.25) is 0 Å². The number of esters is 1. The van der Waals surface area contributed by atoms with Gasteiger partial charge in [-0.3, -0.25) is 9.69 Å². The molecule has 1 aliphatic rings. The number of pyridine rings is 1. The Hall–Kier alpha value is -3.87. The van der Waals surface area contributed by atoms with Gasteiger partial charge in [-0.05, 0) is 23.8 Å². The predicted molar refractivity (Wildman–Crippen MR) is 104 cm³/mol. The summed E-state index contributed by atoms with van der Waals surface area (Å²) in [5.74, 6) is -0.678. The lowest BCUT2D eigenvalue weighted by atomic mass is 10.0. The second-order valence-corrected chi connectivity index (χ2v) is 6.46. The molecule has 2 heterocycles. The maximum Gasteiger partial charge on any atom is 0.405 e. The van der Waals surface area contributed by atoms with E-state index in [1.807, 2.05) is 42.5 Å². The molecule has 2 aromatic carbocycles. The van der Waals surface area contributed by atoms with Crippen LogP contribution in [-0.2, 0) is 9.53 Å². The van der Waals surface area contributed by atoms with Crippen molar-refractivity contribution in [2.45, 2.75) is 6.04 Å². The van der Waals surface area contributed by atoms with Crippen molar-refractivity contribution in [1.29, 1.82) is 0 Å². The molecule has 0 spiro atoms. The first-order valence-electron chi connectivity index (χ1n) is 9.09. The van der Waals surface area contributed by atoms with Gasteiger partial charge in [0.25, 0.3) is 5.91 Å². The molecule has 7 heteroatoms. The highest BCUT2D eigenvalue weighted by Crippen LogP contribution is 2.39. The highest BCUT2D eigenvalue weighted by Gasteiger charge is 2.34. The van der Waals surface area contributed by atoms with Gasteiger partial charge >= 0.3 is 11.7 Å². The average Bonchev–Trinajstić information content (AvgIpc) is 2.77. The van der Waals surface area contributed by atoms with Crippen LogP contribution in [-0.4, -0.2) is 25.1 Å². The smallest absolute Gasteiger partial charge is 0.405 e. The van der Waals surface area contributed by atoms with Gasteiger partial charge < -0.3 is 14.7 Å². The molecule has 0 N–H and O–H groups in total. The lowest BCUT2D eigenvalue weighted by molar-refractivity contribution is -0.608. The zero-order chi connectivity index (χ0) is 20.2. The molecular weight excluding hydrogens is 372 g/mol. The number of hydrogen-bond acceptors (Lipinski definition) is 5. The molecule has 0 fully saturated rings. The number of ether oxygens (including phenoxy) is 2. The van der Waals surface area contributed by atoms with E-state index in [0.717, 1.165) is 5.56 Å². The SMILES string of the molecule is O=C(OCC(=O)N1c2ccccc2OC[C@H]1c1ccccc1)c1cccc[n+]1[O-]. The van der Waals surface area contributed by atoms with Crippen molar-refractivity contribution in [2.75, 3.05) is 18.1 Å². The molecule has 0 radical (unpaired) electrons. The largest absolute Gasteiger partial charge is 0.618 e. The van der Waals surface area contributed by atoms with E-state index in [9.17, 15) is 14.8 Å². The van der Waals surface area contributed by atoms with Crippen molar-refractivity contribution in [1.82, 2.24) is 0 Å². The summed E-state index contributed by atoms with van der Waals surface area (Å²) in [5, 5.41) is 11.7. The molecule has 146 valence electrons. The third-order valence-corrected chi connectivity index (χ3v) is 4.65. The first-order chi connectivity index (χ1) is 14.1. The number of para-hydroxylation sites is 2. The number of nitrogens with zero attached hydrogens (tertiary/aromatic N) is 2. The first-order valence-corrected chi connectivity index (χ1v) is 9.09. The van der Waals surface area contributed by atoms with Crippen molar-refractivity contribution >= 4 is 17.6 Å². The molecular formula is C22H18N2O5. The average molecular weight is 390 g/mol. The number of rotatable bonds is 4. The Bertz CT molecular complexity index is 1040. The second kappa shape index (κ2) is 8.02. The van der Waals surface area contributed by atoms with Crippen molar-refractivity contribution in [3.63, 3.8) is 0 Å². The summed E-state index contributed by atoms with van der Waals surface area (Å²) < 4.78 is 11.4. The van der Waals surface area contributed by atoms with Gasteiger partial charge in [-0.15, -0.1) is 0 Å². The molecule has 7 nitrogen and oxygen atoms in total. The Kier molecular flexibility index (Phi) is 5.11. The van der Waals surface area contributed by atoms with Crippen LogP contribution in [0.25, 0.3) is 0 Å². The molecule has 0 saturated carbocycles. The molecule has 1 aliphatic heterocycles. The van der Waals surface area contributed by atoms with Crippen LogP contribution in [0.1, 0.15) is 22.1 Å². The van der Waals surface area contributed by atoms with Gasteiger partial charge in [0.1, 0.15) is 12.4 Å². The van der Waals surface area contributed by atoms with Crippen molar-refractivity contribution in [3.8, 4) is 5.75 Å². The topological polar surface area (TPSA) is 82.8 Å². The summed E-state index contributed by atoms with van der Waals surface area (Å²) in [4.78, 5) is 26.9. The predicted octanol–water partition coefficient (Wildman–Crippen LogP) is 2.64. The van der Waals surface area contributed by atoms with Crippen LogP contribution >= 0.6 is 0 Å². The number of aromatic nitrogens is 1. The van der Waals surface area contributed by atoms with E-state index in [1.54, 1.807) is 23.1 Å². The van der Waals surface area contributed by atoms with Crippen LogP contribution < -0.4 is 14.4 Å². The van der Waals surface area contributed by atoms with Crippen LogP contribution in [0, 0.1) is 5.21 Å². The number of carbonyl (C=O) groups excluding carboxylic acids is 2. The van der Waals surface area contributed by atoms with E-state index in [2.05, 4.69) is 0 Å². The van der Waals surface area contributed by atoms with Gasteiger partial charge in [0.2, 0.25) is 0 Å². The molecule has 0 unspecified atom stereocenters. The number of benzene rings is 2. The van der Waals surface area contributed by atoms with Crippen LogP contribution in [0.15, 0.2) is 79.0 Å². The van der Waals surface area contributed by atoms with Gasteiger partial charge in [0.05, 0.1) is 11.7 Å². The second-order valence-electron chi connectivity index (χ2n) is 6.46. The van der Waals surface area contributed by atoms with Gasteiger partial charge in [-0.1, -0.05) is 42.5 Å². The lowest BCUT2D eigenvalue weighted by Gasteiger charge is -2.37. The van der Waals surface area contributed by atoms with Crippen molar-refractivity contribution in [2.24, 2.45) is 0 Å². The van der Waals surface area contributed by atoms with E-state index in [1.165, 1.54) is 18.3 Å². The molecule has 1 atom stereocenters. The zero-order valence-electron chi connectivity index (χ0n) is 15.4. The zero-order valence-corrected chi connectivity index (χ0v) is 15.4. The molecule has 1 aromatic heterocycles. The Morgan fingerprint density at radius 3 is 2.55 bits per heavy atom. The third kappa shape index (κ3) is 3.75. The quantitative estimate of drug-likeness (QED) is 0.389. The normalized spacial score (nSPS) is 15.2. The fourth-order valence-corrected chi connectivity index (χ4v) is 3.28. The summed E-state index contributed by atoms with van der Waals surface area (Å²) in [7, 11) is 0. The van der Waals surface area contributed by atoms with Gasteiger partial charge in [0, 0.05) is 12.1 Å². The van der Waals surface area contributed by atoms with Crippen LogP contribution in [0.5, 0.6) is 5.75 Å². The Balaban J connectivity index is 1.58.